The Balaban J connectivity index is 1.88. The van der Waals surface area contributed by atoms with Gasteiger partial charge in [-0.25, -0.2) is 4.79 Å². The normalized spacial score (nSPS) is 11.7. The molecule has 0 aromatic heterocycles. The molecule has 0 fully saturated rings. The van der Waals surface area contributed by atoms with Crippen molar-refractivity contribution >= 4 is 11.9 Å². The number of hydrogen-bond acceptors (Lipinski definition) is 4. The average molecular weight is 414 g/mol. The number of aliphatic carboxylic acids is 1. The molecular formula is C24H31NO5. The van der Waals surface area contributed by atoms with Crippen molar-refractivity contribution in [3.05, 3.63) is 65.7 Å². The van der Waals surface area contributed by atoms with E-state index in [0.29, 0.717) is 12.3 Å². The second-order valence-corrected chi connectivity index (χ2v) is 7.17. The number of carboxylic acids is 1. The monoisotopic (exact) mass is 413 g/mol. The molecule has 0 bridgehead atoms. The lowest BCUT2D eigenvalue weighted by molar-refractivity contribution is -0.148. The molecule has 0 heterocycles. The molecule has 0 unspecified atom stereocenters. The summed E-state index contributed by atoms with van der Waals surface area (Å²) in [5.74, 6) is -0.449. The van der Waals surface area contributed by atoms with Gasteiger partial charge in [0.05, 0.1) is 0 Å². The maximum Gasteiger partial charge on any atom is 0.333 e. The van der Waals surface area contributed by atoms with Gasteiger partial charge in [0.1, 0.15) is 5.75 Å². The molecular weight excluding hydrogens is 382 g/mol. The summed E-state index contributed by atoms with van der Waals surface area (Å²) in [5.41, 5.74) is 2.04. The highest BCUT2D eigenvalue weighted by molar-refractivity contribution is 5.77. The molecule has 162 valence electrons. The van der Waals surface area contributed by atoms with E-state index in [4.69, 9.17) is 14.6 Å². The highest BCUT2D eigenvalue weighted by Gasteiger charge is 2.17. The van der Waals surface area contributed by atoms with Crippen LogP contribution in [0.4, 0.5) is 0 Å². The van der Waals surface area contributed by atoms with Crippen molar-refractivity contribution < 1.29 is 24.2 Å². The predicted molar refractivity (Wildman–Crippen MR) is 116 cm³/mol. The maximum absolute atomic E-state index is 12.7. The van der Waals surface area contributed by atoms with Crippen molar-refractivity contribution in [2.45, 2.75) is 38.7 Å². The summed E-state index contributed by atoms with van der Waals surface area (Å²) in [4.78, 5) is 25.6. The van der Waals surface area contributed by atoms with E-state index in [-0.39, 0.29) is 18.9 Å². The second kappa shape index (κ2) is 12.6. The first-order chi connectivity index (χ1) is 14.5. The smallest absolute Gasteiger partial charge is 0.333 e. The highest BCUT2D eigenvalue weighted by atomic mass is 16.5. The summed E-state index contributed by atoms with van der Waals surface area (Å²) in [6, 6.07) is 17.2. The number of ether oxygens (including phenoxy) is 2. The van der Waals surface area contributed by atoms with Crippen LogP contribution < -0.4 is 4.74 Å². The Hall–Kier alpha value is -2.86. The summed E-state index contributed by atoms with van der Waals surface area (Å²) in [6.45, 7) is 3.47. The van der Waals surface area contributed by atoms with Gasteiger partial charge in [0, 0.05) is 26.6 Å². The first kappa shape index (κ1) is 23.4. The van der Waals surface area contributed by atoms with Crippen LogP contribution in [0.5, 0.6) is 5.75 Å². The average Bonchev–Trinajstić information content (AvgIpc) is 2.77. The Kier molecular flexibility index (Phi) is 9.87. The van der Waals surface area contributed by atoms with E-state index in [1.54, 1.807) is 24.3 Å². The highest BCUT2D eigenvalue weighted by Crippen LogP contribution is 2.15. The molecule has 1 N–H and O–H groups in total. The van der Waals surface area contributed by atoms with Gasteiger partial charge in [-0.2, -0.15) is 0 Å². The van der Waals surface area contributed by atoms with Crippen molar-refractivity contribution in [1.82, 2.24) is 4.90 Å². The maximum atomic E-state index is 12.7. The van der Waals surface area contributed by atoms with Crippen molar-refractivity contribution in [3.63, 3.8) is 0 Å². The standard InChI is InChI=1S/C24H31NO5/c1-3-4-15-25(16-14-19-8-6-5-7-9-19)23(26)18-30-21-12-10-20(11-13-21)17-22(29-2)24(27)28/h5-13,22H,3-4,14-18H2,1-2H3,(H,27,28)/t22-/m0/s1. The fourth-order valence-corrected chi connectivity index (χ4v) is 3.06. The summed E-state index contributed by atoms with van der Waals surface area (Å²) < 4.78 is 10.6. The molecule has 2 aromatic carbocycles. The number of carbonyl (C=O) groups excluding carboxylic acids is 1. The lowest BCUT2D eigenvalue weighted by Gasteiger charge is -2.23. The van der Waals surface area contributed by atoms with Crippen LogP contribution in [0.3, 0.4) is 0 Å². The molecule has 0 saturated heterocycles. The Labute approximate surface area is 178 Å². The van der Waals surface area contributed by atoms with Crippen LogP contribution in [0.2, 0.25) is 0 Å². The van der Waals surface area contributed by atoms with Gasteiger partial charge in [-0.1, -0.05) is 55.8 Å². The van der Waals surface area contributed by atoms with Crippen molar-refractivity contribution in [1.29, 1.82) is 0 Å². The third kappa shape index (κ3) is 7.87. The number of carbonyl (C=O) groups is 2. The van der Waals surface area contributed by atoms with Gasteiger partial charge in [0.2, 0.25) is 0 Å². The third-order valence-corrected chi connectivity index (χ3v) is 4.91. The van der Waals surface area contributed by atoms with Crippen LogP contribution in [0, 0.1) is 0 Å². The van der Waals surface area contributed by atoms with Crippen LogP contribution in [0.25, 0.3) is 0 Å². The zero-order chi connectivity index (χ0) is 21.8. The zero-order valence-electron chi connectivity index (χ0n) is 17.8. The molecule has 1 amide bonds. The number of amides is 1. The fraction of sp³-hybridized carbons (Fsp3) is 0.417. The molecule has 2 aromatic rings. The first-order valence-corrected chi connectivity index (χ1v) is 10.3. The fourth-order valence-electron chi connectivity index (χ4n) is 3.06. The number of nitrogens with zero attached hydrogens (tertiary/aromatic N) is 1. The molecule has 0 aliphatic carbocycles. The van der Waals surface area contributed by atoms with Gasteiger partial charge in [0.25, 0.3) is 5.91 Å². The van der Waals surface area contributed by atoms with E-state index in [1.807, 2.05) is 23.1 Å². The number of methoxy groups -OCH3 is 1. The molecule has 6 heteroatoms. The quantitative estimate of drug-likeness (QED) is 0.543. The molecule has 0 aliphatic rings. The number of rotatable bonds is 13. The Bertz CT molecular complexity index is 776. The van der Waals surface area contributed by atoms with Gasteiger partial charge < -0.3 is 19.5 Å². The summed E-state index contributed by atoms with van der Waals surface area (Å²) >= 11 is 0. The summed E-state index contributed by atoms with van der Waals surface area (Å²) in [6.07, 6.45) is 2.19. The minimum Gasteiger partial charge on any atom is -0.484 e. The zero-order valence-corrected chi connectivity index (χ0v) is 17.8. The van der Waals surface area contributed by atoms with Crippen molar-refractivity contribution in [2.24, 2.45) is 0 Å². The molecule has 30 heavy (non-hydrogen) atoms. The third-order valence-electron chi connectivity index (χ3n) is 4.91. The van der Waals surface area contributed by atoms with Gasteiger partial charge in [-0.05, 0) is 36.1 Å². The Morgan fingerprint density at radius 3 is 2.30 bits per heavy atom. The van der Waals surface area contributed by atoms with Gasteiger partial charge in [0.15, 0.2) is 12.7 Å². The van der Waals surface area contributed by atoms with Crippen LogP contribution in [-0.2, 0) is 27.2 Å². The lowest BCUT2D eigenvalue weighted by atomic mass is 10.1. The van der Waals surface area contributed by atoms with Crippen LogP contribution >= 0.6 is 0 Å². The lowest BCUT2D eigenvalue weighted by Crippen LogP contribution is -2.37. The van der Waals surface area contributed by atoms with Crippen LogP contribution in [0.15, 0.2) is 54.6 Å². The molecule has 0 radical (unpaired) electrons. The first-order valence-electron chi connectivity index (χ1n) is 10.3. The van der Waals surface area contributed by atoms with Crippen molar-refractivity contribution in [3.8, 4) is 5.75 Å². The molecule has 0 saturated carbocycles. The SMILES string of the molecule is CCCCN(CCc1ccccc1)C(=O)COc1ccc(C[C@H](OC)C(=O)O)cc1. The van der Waals surface area contributed by atoms with E-state index in [1.165, 1.54) is 12.7 Å². The van der Waals surface area contributed by atoms with E-state index in [9.17, 15) is 9.59 Å². The Morgan fingerprint density at radius 2 is 1.70 bits per heavy atom. The molecule has 0 aliphatic heterocycles. The summed E-state index contributed by atoms with van der Waals surface area (Å²) in [5, 5.41) is 9.07. The minimum absolute atomic E-state index is 0.0202. The molecule has 6 nitrogen and oxygen atoms in total. The largest absolute Gasteiger partial charge is 0.484 e. The summed E-state index contributed by atoms with van der Waals surface area (Å²) in [7, 11) is 1.38. The number of carboxylic acid groups (broad SMARTS) is 1. The number of benzene rings is 2. The Morgan fingerprint density at radius 1 is 1.00 bits per heavy atom. The van der Waals surface area contributed by atoms with Crippen LogP contribution in [-0.4, -0.2) is 54.8 Å². The van der Waals surface area contributed by atoms with Crippen LogP contribution in [0.1, 0.15) is 30.9 Å². The van der Waals surface area contributed by atoms with Crippen molar-refractivity contribution in [2.75, 3.05) is 26.8 Å². The minimum atomic E-state index is -0.994. The van der Waals surface area contributed by atoms with E-state index in [0.717, 1.165) is 31.4 Å². The predicted octanol–water partition coefficient (Wildman–Crippen LogP) is 3.58. The van der Waals surface area contributed by atoms with Gasteiger partial charge in [-0.3, -0.25) is 4.79 Å². The molecule has 1 atom stereocenters. The van der Waals surface area contributed by atoms with Gasteiger partial charge >= 0.3 is 5.97 Å². The molecule has 2 rings (SSSR count). The van der Waals surface area contributed by atoms with E-state index < -0.39 is 12.1 Å². The van der Waals surface area contributed by atoms with Gasteiger partial charge in [-0.15, -0.1) is 0 Å². The molecule has 0 spiro atoms. The topological polar surface area (TPSA) is 76.1 Å². The number of hydrogen-bond donors (Lipinski definition) is 1. The second-order valence-electron chi connectivity index (χ2n) is 7.17. The number of unbranched alkanes of at least 4 members (excludes halogenated alkanes) is 1. The van der Waals surface area contributed by atoms with E-state index >= 15 is 0 Å². The van der Waals surface area contributed by atoms with E-state index in [2.05, 4.69) is 19.1 Å².